The number of carbonyl (C=O) groups is 1. The zero-order valence-corrected chi connectivity index (χ0v) is 8.38. The van der Waals surface area contributed by atoms with Gasteiger partial charge in [-0.3, -0.25) is 10.2 Å². The highest BCUT2D eigenvalue weighted by Gasteiger charge is 2.15. The number of aliphatic hydroxyl groups is 1. The molecule has 0 heterocycles. The Kier molecular flexibility index (Phi) is 3.88. The van der Waals surface area contributed by atoms with Crippen molar-refractivity contribution in [3.05, 3.63) is 34.9 Å². The van der Waals surface area contributed by atoms with Gasteiger partial charge in [-0.05, 0) is 17.7 Å². The normalized spacial score (nSPS) is 12.2. The molecule has 1 amide bonds. The summed E-state index contributed by atoms with van der Waals surface area (Å²) in [6.07, 6.45) is -1.18. The molecule has 0 aliphatic heterocycles. The molecular weight excluding hydrogens is 204 g/mol. The van der Waals surface area contributed by atoms with E-state index in [2.05, 4.69) is 10.9 Å². The van der Waals surface area contributed by atoms with Crippen LogP contribution in [0.15, 0.2) is 24.3 Å². The SMILES string of the molecule is CNNC(=O)C(O)c1ccc(Cl)cc1. The highest BCUT2D eigenvalue weighted by atomic mass is 35.5. The molecule has 14 heavy (non-hydrogen) atoms. The summed E-state index contributed by atoms with van der Waals surface area (Å²) in [6.45, 7) is 0. The molecule has 1 unspecified atom stereocenters. The van der Waals surface area contributed by atoms with Gasteiger partial charge in [0, 0.05) is 12.1 Å². The molecule has 1 atom stereocenters. The van der Waals surface area contributed by atoms with Gasteiger partial charge in [0.05, 0.1) is 0 Å². The minimum atomic E-state index is -1.18. The van der Waals surface area contributed by atoms with Crippen LogP contribution in [0.4, 0.5) is 0 Å². The van der Waals surface area contributed by atoms with Gasteiger partial charge in [0.2, 0.25) is 0 Å². The average Bonchev–Trinajstić information content (AvgIpc) is 2.18. The molecule has 4 nitrogen and oxygen atoms in total. The minimum absolute atomic E-state index is 0.502. The van der Waals surface area contributed by atoms with E-state index in [9.17, 15) is 9.90 Å². The maximum atomic E-state index is 11.2. The van der Waals surface area contributed by atoms with Crippen molar-refractivity contribution in [1.82, 2.24) is 10.9 Å². The van der Waals surface area contributed by atoms with Crippen molar-refractivity contribution in [3.8, 4) is 0 Å². The number of rotatable bonds is 3. The van der Waals surface area contributed by atoms with Crippen LogP contribution in [0.3, 0.4) is 0 Å². The van der Waals surface area contributed by atoms with Gasteiger partial charge in [-0.15, -0.1) is 0 Å². The molecule has 0 aliphatic carbocycles. The van der Waals surface area contributed by atoms with Crippen molar-refractivity contribution in [2.45, 2.75) is 6.10 Å². The predicted molar refractivity (Wildman–Crippen MR) is 53.6 cm³/mol. The third-order valence-corrected chi connectivity index (χ3v) is 1.93. The fourth-order valence-corrected chi connectivity index (χ4v) is 1.11. The van der Waals surface area contributed by atoms with Gasteiger partial charge in [-0.25, -0.2) is 5.43 Å². The van der Waals surface area contributed by atoms with Gasteiger partial charge in [-0.2, -0.15) is 0 Å². The number of aliphatic hydroxyl groups excluding tert-OH is 1. The Morgan fingerprint density at radius 2 is 2.00 bits per heavy atom. The van der Waals surface area contributed by atoms with Gasteiger partial charge in [0.25, 0.3) is 5.91 Å². The summed E-state index contributed by atoms with van der Waals surface area (Å²) in [6, 6.07) is 6.43. The van der Waals surface area contributed by atoms with E-state index in [1.165, 1.54) is 0 Å². The molecule has 1 aromatic carbocycles. The molecule has 0 radical (unpaired) electrons. The van der Waals surface area contributed by atoms with E-state index >= 15 is 0 Å². The quantitative estimate of drug-likeness (QED) is 0.647. The lowest BCUT2D eigenvalue weighted by Crippen LogP contribution is -2.37. The lowest BCUT2D eigenvalue weighted by molar-refractivity contribution is -0.130. The first kappa shape index (κ1) is 11.0. The van der Waals surface area contributed by atoms with Crippen LogP contribution in [0.2, 0.25) is 5.02 Å². The van der Waals surface area contributed by atoms with Crippen LogP contribution < -0.4 is 10.9 Å². The summed E-state index contributed by atoms with van der Waals surface area (Å²) in [4.78, 5) is 11.2. The number of amides is 1. The topological polar surface area (TPSA) is 61.4 Å². The highest BCUT2D eigenvalue weighted by molar-refractivity contribution is 6.30. The standard InChI is InChI=1S/C9H11ClN2O2/c1-11-12-9(14)8(13)6-2-4-7(10)5-3-6/h2-5,8,11,13H,1H3,(H,12,14). The van der Waals surface area contributed by atoms with E-state index in [1.54, 1.807) is 31.3 Å². The number of nitrogens with one attached hydrogen (secondary N) is 2. The zero-order chi connectivity index (χ0) is 10.6. The van der Waals surface area contributed by atoms with Crippen molar-refractivity contribution in [1.29, 1.82) is 0 Å². The summed E-state index contributed by atoms with van der Waals surface area (Å²) in [5.41, 5.74) is 5.23. The largest absolute Gasteiger partial charge is 0.378 e. The highest BCUT2D eigenvalue weighted by Crippen LogP contribution is 2.16. The summed E-state index contributed by atoms with van der Waals surface area (Å²) in [5, 5.41) is 10.1. The van der Waals surface area contributed by atoms with E-state index in [0.29, 0.717) is 10.6 Å². The van der Waals surface area contributed by atoms with E-state index in [0.717, 1.165) is 0 Å². The van der Waals surface area contributed by atoms with E-state index in [-0.39, 0.29) is 0 Å². The van der Waals surface area contributed by atoms with E-state index in [1.807, 2.05) is 0 Å². The maximum Gasteiger partial charge on any atom is 0.267 e. The van der Waals surface area contributed by atoms with Crippen LogP contribution >= 0.6 is 11.6 Å². The van der Waals surface area contributed by atoms with Crippen LogP contribution in [0, 0.1) is 0 Å². The molecule has 76 valence electrons. The zero-order valence-electron chi connectivity index (χ0n) is 7.62. The summed E-state index contributed by atoms with van der Waals surface area (Å²) >= 11 is 5.66. The van der Waals surface area contributed by atoms with E-state index < -0.39 is 12.0 Å². The second-order valence-corrected chi connectivity index (χ2v) is 3.13. The summed E-state index contributed by atoms with van der Waals surface area (Å²) in [7, 11) is 1.55. The van der Waals surface area contributed by atoms with E-state index in [4.69, 9.17) is 11.6 Å². The maximum absolute atomic E-state index is 11.2. The number of hydrogen-bond donors (Lipinski definition) is 3. The fourth-order valence-electron chi connectivity index (χ4n) is 0.988. The first-order chi connectivity index (χ1) is 6.65. The Hall–Kier alpha value is -1.10. The first-order valence-corrected chi connectivity index (χ1v) is 4.43. The number of benzene rings is 1. The average molecular weight is 215 g/mol. The third kappa shape index (κ3) is 2.70. The Morgan fingerprint density at radius 1 is 1.43 bits per heavy atom. The first-order valence-electron chi connectivity index (χ1n) is 4.05. The van der Waals surface area contributed by atoms with Crippen molar-refractivity contribution < 1.29 is 9.90 Å². The second kappa shape index (κ2) is 4.95. The van der Waals surface area contributed by atoms with Crippen molar-refractivity contribution in [2.75, 3.05) is 7.05 Å². The Balaban J connectivity index is 2.73. The van der Waals surface area contributed by atoms with Crippen LogP contribution in [-0.4, -0.2) is 18.1 Å². The van der Waals surface area contributed by atoms with Gasteiger partial charge in [-0.1, -0.05) is 23.7 Å². The summed E-state index contributed by atoms with van der Waals surface area (Å²) < 4.78 is 0. The summed E-state index contributed by atoms with van der Waals surface area (Å²) in [5.74, 6) is -0.505. The number of hydrogen-bond acceptors (Lipinski definition) is 3. The molecule has 5 heteroatoms. The molecule has 0 saturated carbocycles. The number of halogens is 1. The fraction of sp³-hybridized carbons (Fsp3) is 0.222. The van der Waals surface area contributed by atoms with Gasteiger partial charge >= 0.3 is 0 Å². The van der Waals surface area contributed by atoms with Crippen molar-refractivity contribution >= 4 is 17.5 Å². The molecule has 0 aromatic heterocycles. The molecule has 0 bridgehead atoms. The molecule has 1 rings (SSSR count). The Bertz CT molecular complexity index is 313. The number of carbonyl (C=O) groups excluding carboxylic acids is 1. The van der Waals surface area contributed by atoms with Crippen LogP contribution in [0.1, 0.15) is 11.7 Å². The molecule has 0 saturated heterocycles. The Morgan fingerprint density at radius 3 is 2.50 bits per heavy atom. The van der Waals surface area contributed by atoms with Crippen LogP contribution in [-0.2, 0) is 4.79 Å². The van der Waals surface area contributed by atoms with Crippen LogP contribution in [0.25, 0.3) is 0 Å². The van der Waals surface area contributed by atoms with Gasteiger partial charge < -0.3 is 5.11 Å². The molecule has 0 fully saturated rings. The van der Waals surface area contributed by atoms with Gasteiger partial charge in [0.1, 0.15) is 0 Å². The lowest BCUT2D eigenvalue weighted by Gasteiger charge is -2.10. The lowest BCUT2D eigenvalue weighted by atomic mass is 10.1. The van der Waals surface area contributed by atoms with Crippen LogP contribution in [0.5, 0.6) is 0 Å². The third-order valence-electron chi connectivity index (χ3n) is 1.68. The van der Waals surface area contributed by atoms with Gasteiger partial charge in [0.15, 0.2) is 6.10 Å². The predicted octanol–water partition coefficient (Wildman–Crippen LogP) is 0.624. The molecule has 0 aliphatic rings. The second-order valence-electron chi connectivity index (χ2n) is 2.69. The molecule has 1 aromatic rings. The van der Waals surface area contributed by atoms with Crippen molar-refractivity contribution in [2.24, 2.45) is 0 Å². The Labute approximate surface area is 86.9 Å². The monoisotopic (exact) mass is 214 g/mol. The number of hydrazine groups is 1. The minimum Gasteiger partial charge on any atom is -0.378 e. The van der Waals surface area contributed by atoms with Crippen molar-refractivity contribution in [3.63, 3.8) is 0 Å². The molecule has 3 N–H and O–H groups in total. The molecule has 0 spiro atoms. The molecular formula is C9H11ClN2O2. The smallest absolute Gasteiger partial charge is 0.267 e.